The van der Waals surface area contributed by atoms with Gasteiger partial charge in [-0.25, -0.2) is 0 Å². The maximum Gasteiger partial charge on any atom is 0.0185 e. The van der Waals surface area contributed by atoms with E-state index in [1.807, 2.05) is 11.3 Å². The molecular weight excluding hydrogens is 202 g/mol. The molecule has 1 aliphatic rings. The Hall–Kier alpha value is -0.340. The van der Waals surface area contributed by atoms with Gasteiger partial charge in [0.1, 0.15) is 0 Å². The lowest BCUT2D eigenvalue weighted by Crippen LogP contribution is -2.39. The number of thiophene rings is 1. The van der Waals surface area contributed by atoms with Crippen molar-refractivity contribution >= 4 is 11.3 Å². The summed E-state index contributed by atoms with van der Waals surface area (Å²) >= 11 is 1.90. The Morgan fingerprint density at radius 3 is 3.00 bits per heavy atom. The van der Waals surface area contributed by atoms with Crippen LogP contribution in [0.25, 0.3) is 0 Å². The molecule has 1 atom stereocenters. The first-order chi connectivity index (χ1) is 7.35. The highest BCUT2D eigenvalue weighted by atomic mass is 32.1. The zero-order valence-corrected chi connectivity index (χ0v) is 10.4. The predicted molar refractivity (Wildman–Crippen MR) is 67.5 cm³/mol. The smallest absolute Gasteiger partial charge is 0.0185 e. The molecule has 0 bridgehead atoms. The Labute approximate surface area is 96.9 Å². The van der Waals surface area contributed by atoms with E-state index in [0.717, 1.165) is 0 Å². The lowest BCUT2D eigenvalue weighted by molar-refractivity contribution is 0.321. The number of hydrogen-bond acceptors (Lipinski definition) is 2. The van der Waals surface area contributed by atoms with E-state index in [4.69, 9.17) is 0 Å². The SMILES string of the molecule is CCCC1(CCc2cccs2)CCCN1. The predicted octanol–water partition coefficient (Wildman–Crippen LogP) is 3.60. The Bertz CT molecular complexity index is 273. The Morgan fingerprint density at radius 2 is 2.40 bits per heavy atom. The minimum atomic E-state index is 0.471. The molecule has 1 aromatic heterocycles. The molecule has 1 saturated heterocycles. The Kier molecular flexibility index (Phi) is 3.81. The molecule has 15 heavy (non-hydrogen) atoms. The fourth-order valence-electron chi connectivity index (χ4n) is 2.72. The van der Waals surface area contributed by atoms with E-state index in [9.17, 15) is 0 Å². The summed E-state index contributed by atoms with van der Waals surface area (Å²) in [6.07, 6.45) is 7.97. The van der Waals surface area contributed by atoms with Crippen LogP contribution in [-0.2, 0) is 6.42 Å². The van der Waals surface area contributed by atoms with Gasteiger partial charge in [-0.3, -0.25) is 0 Å². The minimum Gasteiger partial charge on any atom is -0.311 e. The maximum absolute atomic E-state index is 3.74. The van der Waals surface area contributed by atoms with Crippen molar-refractivity contribution in [2.45, 2.75) is 51.0 Å². The summed E-state index contributed by atoms with van der Waals surface area (Å²) in [5, 5.41) is 5.92. The van der Waals surface area contributed by atoms with Crippen molar-refractivity contribution in [3.8, 4) is 0 Å². The van der Waals surface area contributed by atoms with Crippen LogP contribution in [0.2, 0.25) is 0 Å². The normalized spacial score (nSPS) is 25.9. The highest BCUT2D eigenvalue weighted by Crippen LogP contribution is 2.30. The molecule has 0 aliphatic carbocycles. The van der Waals surface area contributed by atoms with Gasteiger partial charge in [0.25, 0.3) is 0 Å². The topological polar surface area (TPSA) is 12.0 Å². The molecule has 2 heteroatoms. The van der Waals surface area contributed by atoms with Crippen molar-refractivity contribution in [2.24, 2.45) is 0 Å². The van der Waals surface area contributed by atoms with Crippen LogP contribution in [0, 0.1) is 0 Å². The summed E-state index contributed by atoms with van der Waals surface area (Å²) in [7, 11) is 0. The first kappa shape index (κ1) is 11.2. The van der Waals surface area contributed by atoms with E-state index in [0.29, 0.717) is 5.54 Å². The van der Waals surface area contributed by atoms with Crippen molar-refractivity contribution in [2.75, 3.05) is 6.54 Å². The van der Waals surface area contributed by atoms with E-state index < -0.39 is 0 Å². The second-order valence-electron chi connectivity index (χ2n) is 4.64. The standard InChI is InChI=1S/C13H21NS/c1-2-7-13(8-4-10-14-13)9-6-12-5-3-11-15-12/h3,5,11,14H,2,4,6-10H2,1H3. The third kappa shape index (κ3) is 2.82. The van der Waals surface area contributed by atoms with Crippen LogP contribution in [0.15, 0.2) is 17.5 Å². The monoisotopic (exact) mass is 223 g/mol. The molecule has 0 spiro atoms. The fraction of sp³-hybridized carbons (Fsp3) is 0.692. The van der Waals surface area contributed by atoms with E-state index in [1.54, 1.807) is 4.88 Å². The average molecular weight is 223 g/mol. The number of nitrogens with one attached hydrogen (secondary N) is 1. The molecule has 2 rings (SSSR count). The summed E-state index contributed by atoms with van der Waals surface area (Å²) in [6.45, 7) is 3.53. The fourth-order valence-corrected chi connectivity index (χ4v) is 3.43. The van der Waals surface area contributed by atoms with Gasteiger partial charge >= 0.3 is 0 Å². The summed E-state index contributed by atoms with van der Waals surface area (Å²) in [5.74, 6) is 0. The number of hydrogen-bond donors (Lipinski definition) is 1. The van der Waals surface area contributed by atoms with E-state index in [-0.39, 0.29) is 0 Å². The molecule has 0 saturated carbocycles. The van der Waals surface area contributed by atoms with Gasteiger partial charge in [0, 0.05) is 10.4 Å². The van der Waals surface area contributed by atoms with Gasteiger partial charge in [-0.15, -0.1) is 11.3 Å². The van der Waals surface area contributed by atoms with E-state index in [2.05, 4.69) is 29.8 Å². The molecule has 0 aromatic carbocycles. The van der Waals surface area contributed by atoms with Crippen LogP contribution in [0.1, 0.15) is 43.9 Å². The highest BCUT2D eigenvalue weighted by molar-refractivity contribution is 7.09. The molecule has 1 fully saturated rings. The molecule has 0 amide bonds. The van der Waals surface area contributed by atoms with Crippen LogP contribution >= 0.6 is 11.3 Å². The number of rotatable bonds is 5. The molecule has 0 radical (unpaired) electrons. The maximum atomic E-state index is 3.74. The largest absolute Gasteiger partial charge is 0.311 e. The first-order valence-electron chi connectivity index (χ1n) is 6.12. The summed E-state index contributed by atoms with van der Waals surface area (Å²) in [4.78, 5) is 1.54. The molecule has 1 N–H and O–H groups in total. The van der Waals surface area contributed by atoms with Gasteiger partial charge in [-0.05, 0) is 50.1 Å². The Balaban J connectivity index is 1.89. The van der Waals surface area contributed by atoms with Gasteiger partial charge in [-0.2, -0.15) is 0 Å². The second kappa shape index (κ2) is 5.13. The molecule has 84 valence electrons. The Morgan fingerprint density at radius 1 is 1.47 bits per heavy atom. The van der Waals surface area contributed by atoms with Crippen LogP contribution in [-0.4, -0.2) is 12.1 Å². The van der Waals surface area contributed by atoms with Gasteiger partial charge < -0.3 is 5.32 Å². The summed E-state index contributed by atoms with van der Waals surface area (Å²) < 4.78 is 0. The van der Waals surface area contributed by atoms with Gasteiger partial charge in [0.05, 0.1) is 0 Å². The minimum absolute atomic E-state index is 0.471. The summed E-state index contributed by atoms with van der Waals surface area (Å²) in [6, 6.07) is 4.42. The van der Waals surface area contributed by atoms with Crippen LogP contribution in [0.5, 0.6) is 0 Å². The second-order valence-corrected chi connectivity index (χ2v) is 5.67. The van der Waals surface area contributed by atoms with Crippen LogP contribution in [0.3, 0.4) is 0 Å². The first-order valence-corrected chi connectivity index (χ1v) is 7.00. The van der Waals surface area contributed by atoms with Gasteiger partial charge in [0.15, 0.2) is 0 Å². The van der Waals surface area contributed by atoms with Crippen LogP contribution < -0.4 is 5.32 Å². The quantitative estimate of drug-likeness (QED) is 0.804. The molecule has 2 heterocycles. The summed E-state index contributed by atoms with van der Waals surface area (Å²) in [5.41, 5.74) is 0.471. The van der Waals surface area contributed by atoms with Crippen molar-refractivity contribution in [3.05, 3.63) is 22.4 Å². The number of aryl methyl sites for hydroxylation is 1. The molecular formula is C13H21NS. The van der Waals surface area contributed by atoms with E-state index in [1.165, 1.54) is 45.1 Å². The van der Waals surface area contributed by atoms with Crippen molar-refractivity contribution in [1.29, 1.82) is 0 Å². The van der Waals surface area contributed by atoms with E-state index >= 15 is 0 Å². The third-order valence-corrected chi connectivity index (χ3v) is 4.43. The van der Waals surface area contributed by atoms with Gasteiger partial charge in [-0.1, -0.05) is 19.4 Å². The third-order valence-electron chi connectivity index (χ3n) is 3.49. The van der Waals surface area contributed by atoms with Crippen molar-refractivity contribution in [3.63, 3.8) is 0 Å². The lowest BCUT2D eigenvalue weighted by atomic mass is 9.87. The molecule has 1 nitrogen and oxygen atoms in total. The molecule has 1 aromatic rings. The highest BCUT2D eigenvalue weighted by Gasteiger charge is 2.31. The molecule has 1 unspecified atom stereocenters. The average Bonchev–Trinajstić information content (AvgIpc) is 2.85. The van der Waals surface area contributed by atoms with Gasteiger partial charge in [0.2, 0.25) is 0 Å². The zero-order chi connectivity index (χ0) is 10.6. The van der Waals surface area contributed by atoms with Crippen LogP contribution in [0.4, 0.5) is 0 Å². The molecule has 1 aliphatic heterocycles. The van der Waals surface area contributed by atoms with Crippen molar-refractivity contribution < 1.29 is 0 Å². The lowest BCUT2D eigenvalue weighted by Gasteiger charge is -2.29. The van der Waals surface area contributed by atoms with Crippen molar-refractivity contribution in [1.82, 2.24) is 5.32 Å². The zero-order valence-electron chi connectivity index (χ0n) is 9.59.